The van der Waals surface area contributed by atoms with E-state index in [1.807, 2.05) is 36.4 Å². The maximum absolute atomic E-state index is 6.27. The first kappa shape index (κ1) is 13.7. The molecule has 0 amide bonds. The summed E-state index contributed by atoms with van der Waals surface area (Å²) in [5.41, 5.74) is 9.74. The van der Waals surface area contributed by atoms with Crippen molar-refractivity contribution < 1.29 is 4.52 Å². The molecule has 2 N–H and O–H groups in total. The minimum atomic E-state index is 0.345. The second kappa shape index (κ2) is 5.62. The molecule has 0 aliphatic heterocycles. The van der Waals surface area contributed by atoms with Crippen LogP contribution in [0.25, 0.3) is 22.5 Å². The minimum Gasteiger partial charge on any atom is -0.380 e. The Labute approximate surface area is 128 Å². The van der Waals surface area contributed by atoms with Gasteiger partial charge in [0.2, 0.25) is 0 Å². The number of anilines is 1. The van der Waals surface area contributed by atoms with Gasteiger partial charge in [-0.05, 0) is 18.1 Å². The highest BCUT2D eigenvalue weighted by Crippen LogP contribution is 2.39. The maximum Gasteiger partial charge on any atom is 0.176 e. The Bertz CT molecular complexity index is 763. The SMILES string of the molecule is CCc1ccc(-c2onc(N)c2-c2ccccc2Cl)cc1. The lowest BCUT2D eigenvalue weighted by Gasteiger charge is -2.05. The zero-order valence-corrected chi connectivity index (χ0v) is 12.4. The zero-order valence-electron chi connectivity index (χ0n) is 11.6. The third-order valence-electron chi connectivity index (χ3n) is 3.49. The summed E-state index contributed by atoms with van der Waals surface area (Å²) >= 11 is 6.27. The van der Waals surface area contributed by atoms with Crippen LogP contribution in [0.5, 0.6) is 0 Å². The molecular weight excluding hydrogens is 284 g/mol. The summed E-state index contributed by atoms with van der Waals surface area (Å²) in [5.74, 6) is 0.987. The minimum absolute atomic E-state index is 0.345. The van der Waals surface area contributed by atoms with Gasteiger partial charge in [-0.15, -0.1) is 0 Å². The Morgan fingerprint density at radius 2 is 1.81 bits per heavy atom. The van der Waals surface area contributed by atoms with Crippen molar-refractivity contribution in [3.63, 3.8) is 0 Å². The number of nitrogen functional groups attached to an aromatic ring is 1. The number of hydrogen-bond donors (Lipinski definition) is 1. The monoisotopic (exact) mass is 298 g/mol. The van der Waals surface area contributed by atoms with Gasteiger partial charge in [-0.2, -0.15) is 0 Å². The van der Waals surface area contributed by atoms with E-state index in [4.69, 9.17) is 21.9 Å². The molecule has 1 aromatic heterocycles. The number of hydrogen-bond acceptors (Lipinski definition) is 3. The van der Waals surface area contributed by atoms with Crippen molar-refractivity contribution in [2.24, 2.45) is 0 Å². The van der Waals surface area contributed by atoms with Crippen LogP contribution in [0, 0.1) is 0 Å². The fourth-order valence-electron chi connectivity index (χ4n) is 2.32. The van der Waals surface area contributed by atoms with Crippen LogP contribution in [0.4, 0.5) is 5.82 Å². The molecule has 2 aromatic carbocycles. The van der Waals surface area contributed by atoms with Gasteiger partial charge < -0.3 is 10.3 Å². The second-order valence-corrected chi connectivity index (χ2v) is 5.21. The van der Waals surface area contributed by atoms with E-state index in [1.165, 1.54) is 5.56 Å². The number of rotatable bonds is 3. The average Bonchev–Trinajstić information content (AvgIpc) is 2.89. The summed E-state index contributed by atoms with van der Waals surface area (Å²) in [4.78, 5) is 0. The number of aromatic nitrogens is 1. The highest BCUT2D eigenvalue weighted by molar-refractivity contribution is 6.33. The van der Waals surface area contributed by atoms with Crippen molar-refractivity contribution in [1.29, 1.82) is 0 Å². The molecule has 3 nitrogen and oxygen atoms in total. The summed E-state index contributed by atoms with van der Waals surface area (Å²) in [6.45, 7) is 2.12. The summed E-state index contributed by atoms with van der Waals surface area (Å²) in [5, 5.41) is 4.52. The van der Waals surface area contributed by atoms with E-state index in [-0.39, 0.29) is 0 Å². The quantitative estimate of drug-likeness (QED) is 0.755. The van der Waals surface area contributed by atoms with Gasteiger partial charge in [0.05, 0.1) is 5.56 Å². The van der Waals surface area contributed by atoms with Crippen LogP contribution < -0.4 is 5.73 Å². The normalized spacial score (nSPS) is 10.8. The molecule has 1 heterocycles. The Hall–Kier alpha value is -2.26. The van der Waals surface area contributed by atoms with E-state index in [9.17, 15) is 0 Å². The van der Waals surface area contributed by atoms with Crippen LogP contribution in [0.2, 0.25) is 5.02 Å². The lowest BCUT2D eigenvalue weighted by molar-refractivity contribution is 0.436. The zero-order chi connectivity index (χ0) is 14.8. The Morgan fingerprint density at radius 1 is 1.10 bits per heavy atom. The van der Waals surface area contributed by atoms with Crippen LogP contribution in [0.1, 0.15) is 12.5 Å². The molecule has 0 aliphatic rings. The first-order valence-corrected chi connectivity index (χ1v) is 7.18. The van der Waals surface area contributed by atoms with Crippen molar-refractivity contribution in [3.8, 4) is 22.5 Å². The largest absolute Gasteiger partial charge is 0.380 e. The highest BCUT2D eigenvalue weighted by atomic mass is 35.5. The molecule has 0 radical (unpaired) electrons. The molecule has 3 rings (SSSR count). The predicted molar refractivity (Wildman–Crippen MR) is 86.2 cm³/mol. The van der Waals surface area contributed by atoms with Crippen LogP contribution in [-0.4, -0.2) is 5.16 Å². The smallest absolute Gasteiger partial charge is 0.176 e. The maximum atomic E-state index is 6.27. The number of aryl methyl sites for hydroxylation is 1. The summed E-state index contributed by atoms with van der Waals surface area (Å²) in [6, 6.07) is 15.7. The second-order valence-electron chi connectivity index (χ2n) is 4.80. The standard InChI is InChI=1S/C17H15ClN2O/c1-2-11-7-9-12(10-8-11)16-15(17(19)20-21-16)13-5-3-4-6-14(13)18/h3-10H,2H2,1H3,(H2,19,20). The summed E-state index contributed by atoms with van der Waals surface area (Å²) < 4.78 is 5.43. The number of benzene rings is 2. The summed E-state index contributed by atoms with van der Waals surface area (Å²) in [7, 11) is 0. The van der Waals surface area contributed by atoms with E-state index in [0.29, 0.717) is 16.6 Å². The lowest BCUT2D eigenvalue weighted by atomic mass is 10.0. The average molecular weight is 299 g/mol. The van der Waals surface area contributed by atoms with E-state index in [1.54, 1.807) is 0 Å². The predicted octanol–water partition coefficient (Wildman–Crippen LogP) is 4.81. The molecule has 0 saturated heterocycles. The third kappa shape index (κ3) is 2.52. The highest BCUT2D eigenvalue weighted by Gasteiger charge is 2.19. The third-order valence-corrected chi connectivity index (χ3v) is 3.82. The van der Waals surface area contributed by atoms with Crippen LogP contribution >= 0.6 is 11.6 Å². The molecule has 106 valence electrons. The van der Waals surface area contributed by atoms with E-state index >= 15 is 0 Å². The molecule has 0 unspecified atom stereocenters. The first-order valence-electron chi connectivity index (χ1n) is 6.80. The number of nitrogens with two attached hydrogens (primary N) is 1. The first-order chi connectivity index (χ1) is 10.2. The van der Waals surface area contributed by atoms with Crippen molar-refractivity contribution in [2.45, 2.75) is 13.3 Å². The molecule has 3 aromatic rings. The van der Waals surface area contributed by atoms with Gasteiger partial charge in [0.1, 0.15) is 0 Å². The van der Waals surface area contributed by atoms with Gasteiger partial charge in [-0.3, -0.25) is 0 Å². The fraction of sp³-hybridized carbons (Fsp3) is 0.118. The van der Waals surface area contributed by atoms with Crippen LogP contribution in [0.15, 0.2) is 53.1 Å². The molecule has 0 fully saturated rings. The van der Waals surface area contributed by atoms with Crippen molar-refractivity contribution in [1.82, 2.24) is 5.16 Å². The summed E-state index contributed by atoms with van der Waals surface area (Å²) in [6.07, 6.45) is 0.996. The molecule has 0 aliphatic carbocycles. The molecule has 0 atom stereocenters. The van der Waals surface area contributed by atoms with Crippen molar-refractivity contribution >= 4 is 17.4 Å². The molecular formula is C17H15ClN2O. The van der Waals surface area contributed by atoms with E-state index in [0.717, 1.165) is 23.1 Å². The number of halogens is 1. The van der Waals surface area contributed by atoms with Crippen molar-refractivity contribution in [3.05, 3.63) is 59.1 Å². The molecule has 0 spiro atoms. The van der Waals surface area contributed by atoms with E-state index in [2.05, 4.69) is 24.2 Å². The van der Waals surface area contributed by atoms with Gasteiger partial charge in [-0.25, -0.2) is 0 Å². The van der Waals surface area contributed by atoms with Gasteiger partial charge in [-0.1, -0.05) is 66.1 Å². The Morgan fingerprint density at radius 3 is 2.48 bits per heavy atom. The van der Waals surface area contributed by atoms with Gasteiger partial charge in [0.25, 0.3) is 0 Å². The molecule has 21 heavy (non-hydrogen) atoms. The fourth-order valence-corrected chi connectivity index (χ4v) is 2.55. The molecule has 0 bridgehead atoms. The molecule has 4 heteroatoms. The van der Waals surface area contributed by atoms with Crippen molar-refractivity contribution in [2.75, 3.05) is 5.73 Å². The molecule has 0 saturated carbocycles. The Kier molecular flexibility index (Phi) is 3.67. The van der Waals surface area contributed by atoms with Gasteiger partial charge in [0, 0.05) is 16.1 Å². The topological polar surface area (TPSA) is 52.0 Å². The Balaban J connectivity index is 2.15. The van der Waals surface area contributed by atoms with E-state index < -0.39 is 0 Å². The lowest BCUT2D eigenvalue weighted by Crippen LogP contribution is -1.89. The van der Waals surface area contributed by atoms with Gasteiger partial charge in [0.15, 0.2) is 11.6 Å². The van der Waals surface area contributed by atoms with Crippen LogP contribution in [-0.2, 0) is 6.42 Å². The van der Waals surface area contributed by atoms with Crippen LogP contribution in [0.3, 0.4) is 0 Å². The number of nitrogens with zero attached hydrogens (tertiary/aromatic N) is 1. The van der Waals surface area contributed by atoms with Gasteiger partial charge >= 0.3 is 0 Å².